The minimum Gasteiger partial charge on any atom is -0.465 e. The number of hydrogen-bond acceptors (Lipinski definition) is 4. The molecule has 0 heterocycles. The van der Waals surface area contributed by atoms with Crippen molar-refractivity contribution in [3.05, 3.63) is 0 Å². The number of carbonyl (C=O) groups excluding carboxylic acids is 2. The summed E-state index contributed by atoms with van der Waals surface area (Å²) in [6.07, 6.45) is 5.74. The van der Waals surface area contributed by atoms with Crippen LogP contribution in [0.15, 0.2) is 0 Å². The smallest absolute Gasteiger partial charge is 0.312 e. The van der Waals surface area contributed by atoms with Crippen molar-refractivity contribution in [3.63, 3.8) is 0 Å². The summed E-state index contributed by atoms with van der Waals surface area (Å²) in [6, 6.07) is 0. The summed E-state index contributed by atoms with van der Waals surface area (Å²) in [5.74, 6) is 0.0538. The lowest BCUT2D eigenvalue weighted by atomic mass is 9.77. The molecule has 4 nitrogen and oxygen atoms in total. The summed E-state index contributed by atoms with van der Waals surface area (Å²) in [7, 11) is 0. The van der Waals surface area contributed by atoms with Crippen molar-refractivity contribution in [1.82, 2.24) is 0 Å². The summed E-state index contributed by atoms with van der Waals surface area (Å²) in [6.45, 7) is 13.0. The Kier molecular flexibility index (Phi) is 11.8. The quantitative estimate of drug-likeness (QED) is 0.343. The van der Waals surface area contributed by atoms with Gasteiger partial charge >= 0.3 is 11.9 Å². The van der Waals surface area contributed by atoms with Crippen molar-refractivity contribution in [3.8, 4) is 0 Å². The number of ether oxygens (including phenoxy) is 2. The third kappa shape index (κ3) is 9.29. The van der Waals surface area contributed by atoms with Gasteiger partial charge in [-0.05, 0) is 24.7 Å². The van der Waals surface area contributed by atoms with Gasteiger partial charge in [0.2, 0.25) is 0 Å². The first-order valence-electron chi connectivity index (χ1n) is 9.60. The van der Waals surface area contributed by atoms with Gasteiger partial charge < -0.3 is 9.47 Å². The number of unbranched alkanes of at least 4 members (excludes halogenated alkanes) is 3. The van der Waals surface area contributed by atoms with E-state index in [1.165, 1.54) is 0 Å². The third-order valence-corrected chi connectivity index (χ3v) is 4.23. The summed E-state index contributed by atoms with van der Waals surface area (Å²) >= 11 is 0. The van der Waals surface area contributed by atoms with Crippen LogP contribution in [0.2, 0.25) is 0 Å². The van der Waals surface area contributed by atoms with E-state index in [0.29, 0.717) is 32.0 Å². The number of hydrogen-bond donors (Lipinski definition) is 0. The van der Waals surface area contributed by atoms with E-state index < -0.39 is 5.41 Å². The van der Waals surface area contributed by atoms with E-state index >= 15 is 0 Å². The molecular weight excluding hydrogens is 304 g/mol. The fourth-order valence-corrected chi connectivity index (χ4v) is 2.58. The zero-order chi connectivity index (χ0) is 18.6. The van der Waals surface area contributed by atoms with Crippen molar-refractivity contribution in [2.24, 2.45) is 17.3 Å². The Morgan fingerprint density at radius 1 is 0.875 bits per heavy atom. The lowest BCUT2D eigenvalue weighted by Crippen LogP contribution is -2.36. The van der Waals surface area contributed by atoms with E-state index in [2.05, 4.69) is 6.92 Å². The average molecular weight is 343 g/mol. The molecule has 0 aliphatic rings. The molecule has 0 bridgehead atoms. The molecule has 0 spiro atoms. The number of esters is 2. The van der Waals surface area contributed by atoms with Gasteiger partial charge in [-0.2, -0.15) is 0 Å². The summed E-state index contributed by atoms with van der Waals surface area (Å²) in [5.41, 5.74) is -0.739. The first kappa shape index (κ1) is 22.9. The van der Waals surface area contributed by atoms with Gasteiger partial charge in [0.05, 0.1) is 25.0 Å². The van der Waals surface area contributed by atoms with Crippen LogP contribution in [-0.4, -0.2) is 25.2 Å². The topological polar surface area (TPSA) is 52.6 Å². The van der Waals surface area contributed by atoms with Crippen molar-refractivity contribution in [1.29, 1.82) is 0 Å². The summed E-state index contributed by atoms with van der Waals surface area (Å²) in [5, 5.41) is 0. The van der Waals surface area contributed by atoms with Gasteiger partial charge in [-0.15, -0.1) is 0 Å². The maximum Gasteiger partial charge on any atom is 0.312 e. The monoisotopic (exact) mass is 342 g/mol. The molecule has 1 atom stereocenters. The molecule has 24 heavy (non-hydrogen) atoms. The van der Waals surface area contributed by atoms with Gasteiger partial charge in [0.25, 0.3) is 0 Å². The van der Waals surface area contributed by atoms with Crippen molar-refractivity contribution in [2.75, 3.05) is 13.2 Å². The van der Waals surface area contributed by atoms with Crippen LogP contribution in [0.5, 0.6) is 0 Å². The maximum atomic E-state index is 12.7. The average Bonchev–Trinajstić information content (AvgIpc) is 2.53. The zero-order valence-corrected chi connectivity index (χ0v) is 16.7. The highest BCUT2D eigenvalue weighted by Gasteiger charge is 2.40. The number of carbonyl (C=O) groups is 2. The van der Waals surface area contributed by atoms with E-state index in [1.807, 2.05) is 34.6 Å². The predicted octanol–water partition coefficient (Wildman–Crippen LogP) is 5.14. The second-order valence-corrected chi connectivity index (χ2v) is 7.69. The standard InChI is InChI=1S/C20H38O4/c1-7-9-10-11-12-20(8-2,19(22)24-15-17(5)6)13-18(21)23-14-16(3)4/h16-17H,7-15H2,1-6H3. The van der Waals surface area contributed by atoms with Crippen molar-refractivity contribution in [2.45, 2.75) is 86.5 Å². The summed E-state index contributed by atoms with van der Waals surface area (Å²) < 4.78 is 10.8. The first-order valence-corrected chi connectivity index (χ1v) is 9.60. The van der Waals surface area contributed by atoms with Gasteiger partial charge in [0.15, 0.2) is 0 Å². The lowest BCUT2D eigenvalue weighted by Gasteiger charge is -2.30. The van der Waals surface area contributed by atoms with Gasteiger partial charge in [-0.25, -0.2) is 0 Å². The maximum absolute atomic E-state index is 12.7. The van der Waals surface area contributed by atoms with E-state index in [4.69, 9.17) is 9.47 Å². The highest BCUT2D eigenvalue weighted by Crippen LogP contribution is 2.35. The van der Waals surface area contributed by atoms with Crippen LogP contribution in [0.1, 0.15) is 86.5 Å². The number of rotatable bonds is 13. The van der Waals surface area contributed by atoms with Crippen LogP contribution in [-0.2, 0) is 19.1 Å². The van der Waals surface area contributed by atoms with Crippen LogP contribution >= 0.6 is 0 Å². The zero-order valence-electron chi connectivity index (χ0n) is 16.7. The van der Waals surface area contributed by atoms with Gasteiger partial charge in [-0.3, -0.25) is 9.59 Å². The Hall–Kier alpha value is -1.06. The Morgan fingerprint density at radius 3 is 1.96 bits per heavy atom. The highest BCUT2D eigenvalue weighted by atomic mass is 16.5. The van der Waals surface area contributed by atoms with Crippen LogP contribution in [0, 0.1) is 17.3 Å². The molecule has 0 aliphatic heterocycles. The highest BCUT2D eigenvalue weighted by molar-refractivity contribution is 5.83. The van der Waals surface area contributed by atoms with Crippen LogP contribution in [0.25, 0.3) is 0 Å². The van der Waals surface area contributed by atoms with E-state index in [1.54, 1.807) is 0 Å². The predicted molar refractivity (Wildman–Crippen MR) is 97.7 cm³/mol. The molecular formula is C20H38O4. The first-order chi connectivity index (χ1) is 11.3. The SMILES string of the molecule is CCCCCCC(CC)(CC(=O)OCC(C)C)C(=O)OCC(C)C. The molecule has 1 unspecified atom stereocenters. The van der Waals surface area contributed by atoms with E-state index in [0.717, 1.165) is 25.7 Å². The minimum atomic E-state index is -0.739. The van der Waals surface area contributed by atoms with Crippen molar-refractivity contribution >= 4 is 11.9 Å². The molecule has 0 aromatic rings. The normalized spacial score (nSPS) is 13.8. The Balaban J connectivity index is 4.92. The molecule has 0 aliphatic carbocycles. The molecule has 4 heteroatoms. The Morgan fingerprint density at radius 2 is 1.46 bits per heavy atom. The van der Waals surface area contributed by atoms with Gasteiger partial charge in [0, 0.05) is 0 Å². The molecule has 0 radical (unpaired) electrons. The largest absolute Gasteiger partial charge is 0.465 e. The Labute approximate surface area is 148 Å². The van der Waals surface area contributed by atoms with Crippen LogP contribution in [0.3, 0.4) is 0 Å². The van der Waals surface area contributed by atoms with Crippen LogP contribution in [0.4, 0.5) is 0 Å². The minimum absolute atomic E-state index is 0.124. The molecule has 0 rings (SSSR count). The van der Waals surface area contributed by atoms with Crippen molar-refractivity contribution < 1.29 is 19.1 Å². The molecule has 0 fully saturated rings. The fourth-order valence-electron chi connectivity index (χ4n) is 2.58. The molecule has 0 amide bonds. The lowest BCUT2D eigenvalue weighted by molar-refractivity contribution is -0.165. The molecule has 0 aromatic heterocycles. The molecule has 142 valence electrons. The van der Waals surface area contributed by atoms with Gasteiger partial charge in [-0.1, -0.05) is 67.2 Å². The molecule has 0 saturated carbocycles. The van der Waals surface area contributed by atoms with E-state index in [9.17, 15) is 9.59 Å². The molecule has 0 aromatic carbocycles. The second-order valence-electron chi connectivity index (χ2n) is 7.69. The van der Waals surface area contributed by atoms with E-state index in [-0.39, 0.29) is 24.3 Å². The Bertz CT molecular complexity index is 363. The third-order valence-electron chi connectivity index (χ3n) is 4.23. The fraction of sp³-hybridized carbons (Fsp3) is 0.900. The second kappa shape index (κ2) is 12.3. The summed E-state index contributed by atoms with van der Waals surface area (Å²) in [4.78, 5) is 24.9. The van der Waals surface area contributed by atoms with Gasteiger partial charge in [0.1, 0.15) is 0 Å². The van der Waals surface area contributed by atoms with Crippen LogP contribution < -0.4 is 0 Å². The molecule has 0 saturated heterocycles. The molecule has 0 N–H and O–H groups in total.